The third-order valence-corrected chi connectivity index (χ3v) is 3.17. The van der Waals surface area contributed by atoms with E-state index in [0.29, 0.717) is 0 Å². The van der Waals surface area contributed by atoms with Crippen molar-refractivity contribution in [2.75, 3.05) is 13.1 Å². The summed E-state index contributed by atoms with van der Waals surface area (Å²) in [4.78, 5) is 3.33. The van der Waals surface area contributed by atoms with Crippen molar-refractivity contribution in [3.63, 3.8) is 0 Å². The van der Waals surface area contributed by atoms with Crippen molar-refractivity contribution in [2.45, 2.75) is 26.7 Å². The highest BCUT2D eigenvalue weighted by Gasteiger charge is 2.00. The van der Waals surface area contributed by atoms with Gasteiger partial charge in [-0.1, -0.05) is 18.2 Å². The molecule has 1 aliphatic rings. The van der Waals surface area contributed by atoms with Gasteiger partial charge in [-0.2, -0.15) is 0 Å². The molecule has 1 saturated heterocycles. The Balaban J connectivity index is 0.000000162. The molecule has 2 heterocycles. The van der Waals surface area contributed by atoms with E-state index in [1.807, 2.05) is 0 Å². The number of aromatic nitrogens is 1. The molecule has 1 aromatic heterocycles. The van der Waals surface area contributed by atoms with Crippen molar-refractivity contribution in [3.8, 4) is 0 Å². The quantitative estimate of drug-likeness (QED) is 0.695. The molecule has 0 aliphatic carbocycles. The van der Waals surface area contributed by atoms with E-state index in [0.717, 1.165) is 0 Å². The summed E-state index contributed by atoms with van der Waals surface area (Å²) >= 11 is 0. The van der Waals surface area contributed by atoms with E-state index in [9.17, 15) is 0 Å². The number of rotatable bonds is 0. The Morgan fingerprint density at radius 3 is 2.25 bits per heavy atom. The molecule has 2 aromatic rings. The van der Waals surface area contributed by atoms with Crippen LogP contribution in [-0.4, -0.2) is 18.1 Å². The molecule has 0 unspecified atom stereocenters. The standard InChI is InChI=1S/C10H11N.C4H9N/c1-7-8(2)11-10-6-4-3-5-9(7)10;1-2-4-5-3-1/h3-6,11H,1-2H3;5H,1-4H2. The molecule has 0 bridgehead atoms. The predicted octanol–water partition coefficient (Wildman–Crippen LogP) is 3.15. The summed E-state index contributed by atoms with van der Waals surface area (Å²) in [7, 11) is 0. The van der Waals surface area contributed by atoms with Gasteiger partial charge in [0.15, 0.2) is 0 Å². The molecule has 1 aromatic carbocycles. The fourth-order valence-electron chi connectivity index (χ4n) is 2.04. The van der Waals surface area contributed by atoms with E-state index in [2.05, 4.69) is 48.4 Å². The molecule has 0 saturated carbocycles. The van der Waals surface area contributed by atoms with Crippen LogP contribution in [0.2, 0.25) is 0 Å². The summed E-state index contributed by atoms with van der Waals surface area (Å²) < 4.78 is 0. The van der Waals surface area contributed by atoms with E-state index in [1.54, 1.807) is 0 Å². The maximum Gasteiger partial charge on any atom is 0.0458 e. The first-order chi connectivity index (χ1) is 7.79. The molecular weight excluding hydrogens is 196 g/mol. The van der Waals surface area contributed by atoms with Crippen LogP contribution in [0.15, 0.2) is 24.3 Å². The third-order valence-electron chi connectivity index (χ3n) is 3.17. The lowest BCUT2D eigenvalue weighted by molar-refractivity contribution is 0.857. The minimum absolute atomic E-state index is 1.24. The minimum Gasteiger partial charge on any atom is -0.358 e. The van der Waals surface area contributed by atoms with Crippen molar-refractivity contribution in [3.05, 3.63) is 35.5 Å². The molecule has 0 atom stereocenters. The van der Waals surface area contributed by atoms with Crippen LogP contribution < -0.4 is 5.32 Å². The second-order valence-corrected chi connectivity index (χ2v) is 4.38. The maximum absolute atomic E-state index is 3.33. The molecule has 16 heavy (non-hydrogen) atoms. The van der Waals surface area contributed by atoms with Crippen LogP contribution in [0.3, 0.4) is 0 Å². The molecule has 2 N–H and O–H groups in total. The summed E-state index contributed by atoms with van der Waals surface area (Å²) in [5.41, 5.74) is 3.87. The molecular formula is C14H20N2. The first-order valence-electron chi connectivity index (χ1n) is 6.03. The highest BCUT2D eigenvalue weighted by Crippen LogP contribution is 2.19. The maximum atomic E-state index is 3.33. The number of nitrogens with one attached hydrogen (secondary N) is 2. The van der Waals surface area contributed by atoms with Gasteiger partial charge < -0.3 is 10.3 Å². The SMILES string of the molecule is C1CCNC1.Cc1[nH]c2ccccc2c1C. The second-order valence-electron chi connectivity index (χ2n) is 4.38. The topological polar surface area (TPSA) is 27.8 Å². The Bertz CT molecular complexity index is 445. The zero-order valence-corrected chi connectivity index (χ0v) is 10.1. The smallest absolute Gasteiger partial charge is 0.0458 e. The highest BCUT2D eigenvalue weighted by atomic mass is 14.9. The summed E-state index contributed by atoms with van der Waals surface area (Å²) in [6.45, 7) is 6.75. The summed E-state index contributed by atoms with van der Waals surface area (Å²) in [5.74, 6) is 0. The molecule has 2 heteroatoms. The molecule has 2 nitrogen and oxygen atoms in total. The number of fused-ring (bicyclic) bond motifs is 1. The monoisotopic (exact) mass is 216 g/mol. The summed E-state index contributed by atoms with van der Waals surface area (Å²) in [5, 5.41) is 4.56. The Hall–Kier alpha value is -1.28. The molecule has 0 amide bonds. The van der Waals surface area contributed by atoms with Crippen molar-refractivity contribution in [1.82, 2.24) is 10.3 Å². The van der Waals surface area contributed by atoms with Crippen LogP contribution in [-0.2, 0) is 0 Å². The number of benzene rings is 1. The van der Waals surface area contributed by atoms with E-state index in [4.69, 9.17) is 0 Å². The number of H-pyrrole nitrogens is 1. The number of aromatic amines is 1. The van der Waals surface area contributed by atoms with E-state index in [1.165, 1.54) is 48.1 Å². The fraction of sp³-hybridized carbons (Fsp3) is 0.429. The van der Waals surface area contributed by atoms with Gasteiger partial charge in [-0.05, 0) is 51.4 Å². The Morgan fingerprint density at radius 2 is 1.69 bits per heavy atom. The van der Waals surface area contributed by atoms with Gasteiger partial charge in [0.25, 0.3) is 0 Å². The highest BCUT2D eigenvalue weighted by molar-refractivity contribution is 5.84. The normalized spacial score (nSPS) is 14.9. The zero-order chi connectivity index (χ0) is 11.4. The Labute approximate surface area is 97.1 Å². The van der Waals surface area contributed by atoms with Gasteiger partial charge in [-0.3, -0.25) is 0 Å². The van der Waals surface area contributed by atoms with Crippen LogP contribution in [0.5, 0.6) is 0 Å². The van der Waals surface area contributed by atoms with Gasteiger partial charge in [-0.25, -0.2) is 0 Å². The van der Waals surface area contributed by atoms with Gasteiger partial charge in [0.1, 0.15) is 0 Å². The van der Waals surface area contributed by atoms with Gasteiger partial charge in [0, 0.05) is 16.6 Å². The van der Waals surface area contributed by atoms with Crippen molar-refractivity contribution >= 4 is 10.9 Å². The molecule has 0 spiro atoms. The van der Waals surface area contributed by atoms with Crippen molar-refractivity contribution < 1.29 is 0 Å². The van der Waals surface area contributed by atoms with Crippen LogP contribution in [0.1, 0.15) is 24.1 Å². The van der Waals surface area contributed by atoms with Crippen molar-refractivity contribution in [1.29, 1.82) is 0 Å². The van der Waals surface area contributed by atoms with Crippen LogP contribution in [0.4, 0.5) is 0 Å². The molecule has 1 aliphatic heterocycles. The zero-order valence-electron chi connectivity index (χ0n) is 10.1. The molecule has 0 radical (unpaired) electrons. The van der Waals surface area contributed by atoms with Crippen molar-refractivity contribution in [2.24, 2.45) is 0 Å². The summed E-state index contributed by atoms with van der Waals surface area (Å²) in [6, 6.07) is 8.38. The van der Waals surface area contributed by atoms with Crippen LogP contribution >= 0.6 is 0 Å². The minimum atomic E-state index is 1.24. The summed E-state index contributed by atoms with van der Waals surface area (Å²) in [6.07, 6.45) is 2.78. The first kappa shape index (κ1) is 11.2. The Morgan fingerprint density at radius 1 is 1.00 bits per heavy atom. The lowest BCUT2D eigenvalue weighted by Gasteiger charge is -1.87. The van der Waals surface area contributed by atoms with E-state index in [-0.39, 0.29) is 0 Å². The largest absolute Gasteiger partial charge is 0.358 e. The number of aryl methyl sites for hydroxylation is 2. The van der Waals surface area contributed by atoms with Gasteiger partial charge >= 0.3 is 0 Å². The fourth-order valence-corrected chi connectivity index (χ4v) is 2.04. The number of para-hydroxylation sites is 1. The molecule has 3 rings (SSSR count). The molecule has 1 fully saturated rings. The number of hydrogen-bond donors (Lipinski definition) is 2. The average Bonchev–Trinajstić information content (AvgIpc) is 2.93. The third kappa shape index (κ3) is 2.45. The van der Waals surface area contributed by atoms with E-state index < -0.39 is 0 Å². The lowest BCUT2D eigenvalue weighted by atomic mass is 10.2. The lowest BCUT2D eigenvalue weighted by Crippen LogP contribution is -2.03. The Kier molecular flexibility index (Phi) is 3.62. The van der Waals surface area contributed by atoms with E-state index >= 15 is 0 Å². The van der Waals surface area contributed by atoms with Gasteiger partial charge in [0.2, 0.25) is 0 Å². The second kappa shape index (κ2) is 5.17. The van der Waals surface area contributed by atoms with Crippen LogP contribution in [0, 0.1) is 13.8 Å². The first-order valence-corrected chi connectivity index (χ1v) is 6.03. The number of hydrogen-bond acceptors (Lipinski definition) is 1. The average molecular weight is 216 g/mol. The molecule has 86 valence electrons. The van der Waals surface area contributed by atoms with Gasteiger partial charge in [0.05, 0.1) is 0 Å². The van der Waals surface area contributed by atoms with Crippen LogP contribution in [0.25, 0.3) is 10.9 Å². The van der Waals surface area contributed by atoms with Gasteiger partial charge in [-0.15, -0.1) is 0 Å². The predicted molar refractivity (Wildman–Crippen MR) is 69.9 cm³/mol.